The van der Waals surface area contributed by atoms with Gasteiger partial charge in [0.05, 0.1) is 0 Å². The van der Waals surface area contributed by atoms with Gasteiger partial charge in [0.25, 0.3) is 0 Å². The lowest BCUT2D eigenvalue weighted by molar-refractivity contribution is -0.138. The van der Waals surface area contributed by atoms with Crippen LogP contribution < -0.4 is 11.5 Å². The Kier molecular flexibility index (Phi) is 3.36. The molecule has 0 radical (unpaired) electrons. The van der Waals surface area contributed by atoms with Crippen molar-refractivity contribution in [1.29, 1.82) is 0 Å². The monoisotopic (exact) mass is 247 g/mol. The number of hydrogen-bond donors (Lipinski definition) is 4. The van der Waals surface area contributed by atoms with E-state index < -0.39 is 12.0 Å². The first-order valence-electron chi connectivity index (χ1n) is 5.82. The summed E-state index contributed by atoms with van der Waals surface area (Å²) >= 11 is 0. The molecule has 2 unspecified atom stereocenters. The van der Waals surface area contributed by atoms with E-state index in [1.54, 1.807) is 0 Å². The number of hydrogen-bond acceptors (Lipinski definition) is 3. The number of aliphatic carboxylic acids is 1. The maximum Gasteiger partial charge on any atom is 0.320 e. The predicted molar refractivity (Wildman–Crippen MR) is 70.2 cm³/mol. The number of aromatic amines is 1. The molecule has 1 heterocycles. The van der Waals surface area contributed by atoms with Gasteiger partial charge >= 0.3 is 5.97 Å². The Balaban J connectivity index is 2.35. The van der Waals surface area contributed by atoms with E-state index in [1.807, 2.05) is 31.2 Å². The minimum atomic E-state index is -1.03. The van der Waals surface area contributed by atoms with Crippen molar-refractivity contribution in [3.8, 4) is 0 Å². The van der Waals surface area contributed by atoms with Crippen LogP contribution in [0.2, 0.25) is 0 Å². The Hall–Kier alpha value is -1.85. The Morgan fingerprint density at radius 1 is 1.39 bits per heavy atom. The zero-order valence-corrected chi connectivity index (χ0v) is 10.2. The molecule has 0 amide bonds. The first-order chi connectivity index (χ1) is 8.50. The number of aryl methyl sites for hydroxylation is 1. The zero-order valence-electron chi connectivity index (χ0n) is 10.2. The highest BCUT2D eigenvalue weighted by atomic mass is 16.4. The third-order valence-electron chi connectivity index (χ3n) is 3.14. The van der Waals surface area contributed by atoms with Crippen molar-refractivity contribution in [2.45, 2.75) is 25.4 Å². The molecule has 18 heavy (non-hydrogen) atoms. The molecular formula is C13H17N3O2. The molecule has 1 aromatic heterocycles. The molecule has 96 valence electrons. The Bertz CT molecular complexity index is 577. The number of aromatic nitrogens is 1. The number of fused-ring (bicyclic) bond motifs is 1. The summed E-state index contributed by atoms with van der Waals surface area (Å²) in [6, 6.07) is 6.50. The Labute approximate surface area is 105 Å². The average molecular weight is 247 g/mol. The molecule has 2 atom stereocenters. The van der Waals surface area contributed by atoms with Gasteiger partial charge in [-0.3, -0.25) is 4.79 Å². The summed E-state index contributed by atoms with van der Waals surface area (Å²) in [6.07, 6.45) is 0.220. The fourth-order valence-corrected chi connectivity index (χ4v) is 2.27. The molecule has 0 saturated heterocycles. The summed E-state index contributed by atoms with van der Waals surface area (Å²) in [5, 5.41) is 9.85. The maximum atomic E-state index is 10.8. The molecule has 5 heteroatoms. The highest BCUT2D eigenvalue weighted by Crippen LogP contribution is 2.28. The van der Waals surface area contributed by atoms with Crippen molar-refractivity contribution in [3.05, 3.63) is 35.5 Å². The number of carboxylic acids is 1. The number of rotatable bonds is 4. The van der Waals surface area contributed by atoms with E-state index >= 15 is 0 Å². The van der Waals surface area contributed by atoms with E-state index in [9.17, 15) is 4.79 Å². The first kappa shape index (κ1) is 12.6. The van der Waals surface area contributed by atoms with E-state index in [2.05, 4.69) is 4.98 Å². The lowest BCUT2D eigenvalue weighted by atomic mass is 9.98. The van der Waals surface area contributed by atoms with Gasteiger partial charge in [-0.05, 0) is 25.0 Å². The van der Waals surface area contributed by atoms with Crippen LogP contribution in [0.25, 0.3) is 10.9 Å². The predicted octanol–water partition coefficient (Wildman–Crippen LogP) is 1.28. The highest BCUT2D eigenvalue weighted by Gasteiger charge is 2.21. The molecule has 2 rings (SSSR count). The van der Waals surface area contributed by atoms with Crippen LogP contribution in [0.3, 0.4) is 0 Å². The minimum Gasteiger partial charge on any atom is -0.480 e. The summed E-state index contributed by atoms with van der Waals surface area (Å²) in [7, 11) is 0. The van der Waals surface area contributed by atoms with Gasteiger partial charge in [-0.2, -0.15) is 0 Å². The van der Waals surface area contributed by atoms with Gasteiger partial charge in [-0.15, -0.1) is 0 Å². The minimum absolute atomic E-state index is 0.220. The van der Waals surface area contributed by atoms with Crippen molar-refractivity contribution in [3.63, 3.8) is 0 Å². The average Bonchev–Trinajstić information content (AvgIpc) is 2.64. The van der Waals surface area contributed by atoms with Crippen LogP contribution in [0.1, 0.15) is 23.7 Å². The molecule has 0 bridgehead atoms. The first-order valence-corrected chi connectivity index (χ1v) is 5.82. The maximum absolute atomic E-state index is 10.8. The molecule has 1 aromatic carbocycles. The van der Waals surface area contributed by atoms with Crippen molar-refractivity contribution in [1.82, 2.24) is 4.98 Å². The van der Waals surface area contributed by atoms with Crippen molar-refractivity contribution in [2.75, 3.05) is 0 Å². The van der Waals surface area contributed by atoms with Gasteiger partial charge in [-0.25, -0.2) is 0 Å². The number of nitrogens with two attached hydrogens (primary N) is 2. The van der Waals surface area contributed by atoms with Gasteiger partial charge in [0, 0.05) is 22.6 Å². The van der Waals surface area contributed by atoms with E-state index in [1.165, 1.54) is 0 Å². The second-order valence-corrected chi connectivity index (χ2v) is 4.50. The van der Waals surface area contributed by atoms with Crippen molar-refractivity contribution in [2.24, 2.45) is 11.5 Å². The summed E-state index contributed by atoms with van der Waals surface area (Å²) < 4.78 is 0. The summed E-state index contributed by atoms with van der Waals surface area (Å²) in [4.78, 5) is 14.0. The number of H-pyrrole nitrogens is 1. The number of carbonyl (C=O) groups is 1. The molecule has 0 aliphatic rings. The van der Waals surface area contributed by atoms with Crippen molar-refractivity contribution < 1.29 is 9.90 Å². The molecular weight excluding hydrogens is 230 g/mol. The number of nitrogens with one attached hydrogen (secondary N) is 1. The quantitative estimate of drug-likeness (QED) is 0.653. The Morgan fingerprint density at radius 2 is 2.06 bits per heavy atom. The van der Waals surface area contributed by atoms with E-state index in [4.69, 9.17) is 16.6 Å². The standard InChI is InChI=1S/C13H17N3O2/c1-7-12(9(14)6-10(15)13(17)18)8-4-2-3-5-11(8)16-7/h2-5,9-10,16H,6,14-15H2,1H3,(H,17,18). The topological polar surface area (TPSA) is 105 Å². The molecule has 0 fully saturated rings. The lowest BCUT2D eigenvalue weighted by Crippen LogP contribution is -2.33. The molecule has 0 aliphatic heterocycles. The second-order valence-electron chi connectivity index (χ2n) is 4.50. The normalized spacial score (nSPS) is 14.6. The Morgan fingerprint density at radius 3 is 2.72 bits per heavy atom. The van der Waals surface area contributed by atoms with Gasteiger partial charge < -0.3 is 21.6 Å². The van der Waals surface area contributed by atoms with Crippen LogP contribution in [0.4, 0.5) is 0 Å². The highest BCUT2D eigenvalue weighted by molar-refractivity contribution is 5.85. The van der Waals surface area contributed by atoms with Crippen LogP contribution in [0.15, 0.2) is 24.3 Å². The molecule has 0 saturated carbocycles. The fraction of sp³-hybridized carbons (Fsp3) is 0.308. The van der Waals surface area contributed by atoms with Gasteiger partial charge in [0.1, 0.15) is 6.04 Å². The third kappa shape index (κ3) is 2.23. The van der Waals surface area contributed by atoms with Crippen LogP contribution in [-0.4, -0.2) is 22.1 Å². The van der Waals surface area contributed by atoms with E-state index in [0.717, 1.165) is 22.2 Å². The van der Waals surface area contributed by atoms with E-state index in [-0.39, 0.29) is 12.5 Å². The third-order valence-corrected chi connectivity index (χ3v) is 3.14. The largest absolute Gasteiger partial charge is 0.480 e. The van der Waals surface area contributed by atoms with Gasteiger partial charge in [0.2, 0.25) is 0 Å². The lowest BCUT2D eigenvalue weighted by Gasteiger charge is -2.15. The molecule has 2 aromatic rings. The smallest absolute Gasteiger partial charge is 0.320 e. The number of benzene rings is 1. The second kappa shape index (κ2) is 4.80. The van der Waals surface area contributed by atoms with Crippen LogP contribution in [0.5, 0.6) is 0 Å². The molecule has 6 N–H and O–H groups in total. The van der Waals surface area contributed by atoms with Crippen LogP contribution >= 0.6 is 0 Å². The van der Waals surface area contributed by atoms with Crippen LogP contribution in [-0.2, 0) is 4.79 Å². The van der Waals surface area contributed by atoms with Gasteiger partial charge in [0.15, 0.2) is 0 Å². The molecule has 0 aliphatic carbocycles. The van der Waals surface area contributed by atoms with Gasteiger partial charge in [-0.1, -0.05) is 18.2 Å². The SMILES string of the molecule is Cc1[nH]c2ccccc2c1C(N)CC(N)C(=O)O. The fourth-order valence-electron chi connectivity index (χ4n) is 2.27. The summed E-state index contributed by atoms with van der Waals surface area (Å²) in [6.45, 7) is 1.93. The van der Waals surface area contributed by atoms with Crippen LogP contribution in [0, 0.1) is 6.92 Å². The summed E-state index contributed by atoms with van der Waals surface area (Å²) in [5.74, 6) is -1.03. The van der Waals surface area contributed by atoms with Crippen molar-refractivity contribution >= 4 is 16.9 Å². The molecule has 0 spiro atoms. The summed E-state index contributed by atoms with van der Waals surface area (Å²) in [5.41, 5.74) is 14.5. The number of para-hydroxylation sites is 1. The number of carboxylic acid groups (broad SMARTS) is 1. The molecule has 5 nitrogen and oxygen atoms in total. The zero-order chi connectivity index (χ0) is 13.3. The van der Waals surface area contributed by atoms with E-state index in [0.29, 0.717) is 0 Å².